The molecule has 96 valence electrons. The Balaban J connectivity index is 1.61. The van der Waals surface area contributed by atoms with E-state index in [0.717, 1.165) is 18.2 Å². The van der Waals surface area contributed by atoms with Crippen LogP contribution >= 0.6 is 11.8 Å². The monoisotopic (exact) mass is 254 g/mol. The first kappa shape index (κ1) is 12.0. The molecule has 2 saturated heterocycles. The van der Waals surface area contributed by atoms with E-state index >= 15 is 0 Å². The molecule has 4 heteroatoms. The van der Waals surface area contributed by atoms with E-state index in [4.69, 9.17) is 0 Å². The minimum atomic E-state index is -0.241. The maximum atomic E-state index is 9.94. The van der Waals surface area contributed by atoms with E-state index in [1.165, 1.54) is 19.3 Å². The van der Waals surface area contributed by atoms with Gasteiger partial charge < -0.3 is 5.11 Å². The standard InChI is InChI=1S/C13H22N2OS/c1-15-7-6-9(8-12(15)16)13-14-10-4-2-3-5-11(10)17-13/h2,4,9-14,16H,3,5-8H2,1H3/t9?,10?,11?,12-,13?/m1/s1. The molecule has 0 saturated carbocycles. The van der Waals surface area contributed by atoms with Crippen LogP contribution in [0.5, 0.6) is 0 Å². The predicted molar refractivity (Wildman–Crippen MR) is 71.8 cm³/mol. The van der Waals surface area contributed by atoms with Crippen molar-refractivity contribution >= 4 is 11.8 Å². The molecule has 2 heterocycles. The smallest absolute Gasteiger partial charge is 0.107 e. The summed E-state index contributed by atoms with van der Waals surface area (Å²) in [6.45, 7) is 1.02. The van der Waals surface area contributed by atoms with E-state index < -0.39 is 0 Å². The second-order valence-electron chi connectivity index (χ2n) is 5.54. The number of nitrogens with zero attached hydrogens (tertiary/aromatic N) is 1. The van der Waals surface area contributed by atoms with Crippen molar-refractivity contribution in [1.82, 2.24) is 10.2 Å². The van der Waals surface area contributed by atoms with Crippen molar-refractivity contribution in [2.24, 2.45) is 5.92 Å². The maximum Gasteiger partial charge on any atom is 0.107 e. The number of hydrogen-bond donors (Lipinski definition) is 2. The molecule has 0 bridgehead atoms. The first-order valence-corrected chi connectivity index (χ1v) is 7.65. The third-order valence-corrected chi connectivity index (χ3v) is 6.04. The van der Waals surface area contributed by atoms with Crippen LogP contribution in [0, 0.1) is 5.92 Å². The van der Waals surface area contributed by atoms with Crippen LogP contribution < -0.4 is 5.32 Å². The molecule has 0 aromatic rings. The van der Waals surface area contributed by atoms with Gasteiger partial charge in [0, 0.05) is 17.8 Å². The Morgan fingerprint density at radius 1 is 1.41 bits per heavy atom. The van der Waals surface area contributed by atoms with Crippen LogP contribution in [0.1, 0.15) is 25.7 Å². The SMILES string of the molecule is CN1CCC(C2NC3C=CCCC3S2)C[C@H]1O. The van der Waals surface area contributed by atoms with Crippen LogP contribution in [0.3, 0.4) is 0 Å². The van der Waals surface area contributed by atoms with Crippen LogP contribution in [0.2, 0.25) is 0 Å². The number of fused-ring (bicyclic) bond motifs is 1. The van der Waals surface area contributed by atoms with E-state index in [-0.39, 0.29) is 6.23 Å². The minimum Gasteiger partial charge on any atom is -0.378 e. The highest BCUT2D eigenvalue weighted by Gasteiger charge is 2.39. The molecule has 4 unspecified atom stereocenters. The number of rotatable bonds is 1. The van der Waals surface area contributed by atoms with Crippen LogP contribution in [0.25, 0.3) is 0 Å². The molecule has 0 radical (unpaired) electrons. The quantitative estimate of drug-likeness (QED) is 0.693. The maximum absolute atomic E-state index is 9.94. The van der Waals surface area contributed by atoms with Crippen molar-refractivity contribution in [3.05, 3.63) is 12.2 Å². The van der Waals surface area contributed by atoms with Gasteiger partial charge in [0.05, 0.1) is 5.37 Å². The number of piperidine rings is 1. The molecule has 0 aromatic heterocycles. The van der Waals surface area contributed by atoms with Gasteiger partial charge in [-0.15, -0.1) is 11.8 Å². The van der Waals surface area contributed by atoms with Gasteiger partial charge in [-0.2, -0.15) is 0 Å². The average molecular weight is 254 g/mol. The third kappa shape index (κ3) is 2.41. The lowest BCUT2D eigenvalue weighted by Crippen LogP contribution is -2.45. The average Bonchev–Trinajstić information content (AvgIpc) is 2.76. The van der Waals surface area contributed by atoms with Crippen molar-refractivity contribution in [1.29, 1.82) is 0 Å². The summed E-state index contributed by atoms with van der Waals surface area (Å²) in [7, 11) is 2.01. The molecular weight excluding hydrogens is 232 g/mol. The molecule has 0 amide bonds. The van der Waals surface area contributed by atoms with Gasteiger partial charge in [-0.25, -0.2) is 0 Å². The predicted octanol–water partition coefficient (Wildman–Crippen LogP) is 1.40. The highest BCUT2D eigenvalue weighted by molar-refractivity contribution is 8.00. The van der Waals surface area contributed by atoms with Gasteiger partial charge in [-0.3, -0.25) is 10.2 Å². The highest BCUT2D eigenvalue weighted by Crippen LogP contribution is 2.40. The molecule has 3 rings (SSSR count). The van der Waals surface area contributed by atoms with Crippen molar-refractivity contribution in [2.45, 2.75) is 48.6 Å². The molecule has 17 heavy (non-hydrogen) atoms. The first-order valence-electron chi connectivity index (χ1n) is 6.70. The van der Waals surface area contributed by atoms with Gasteiger partial charge in [0.1, 0.15) is 6.23 Å². The molecule has 5 atom stereocenters. The Labute approximate surface area is 108 Å². The number of aliphatic hydroxyl groups excluding tert-OH is 1. The second-order valence-corrected chi connectivity index (χ2v) is 6.92. The lowest BCUT2D eigenvalue weighted by Gasteiger charge is -2.36. The Morgan fingerprint density at radius 2 is 2.29 bits per heavy atom. The van der Waals surface area contributed by atoms with Crippen molar-refractivity contribution in [3.63, 3.8) is 0 Å². The Kier molecular flexibility index (Phi) is 3.48. The fourth-order valence-electron chi connectivity index (χ4n) is 3.15. The third-order valence-electron chi connectivity index (χ3n) is 4.34. The van der Waals surface area contributed by atoms with Gasteiger partial charge in [0.15, 0.2) is 0 Å². The number of thioether (sulfide) groups is 1. The summed E-state index contributed by atoms with van der Waals surface area (Å²) in [5, 5.41) is 15.0. The molecule has 2 aliphatic heterocycles. The van der Waals surface area contributed by atoms with Gasteiger partial charge in [-0.05, 0) is 38.6 Å². The number of hydrogen-bond acceptors (Lipinski definition) is 4. The molecule has 3 nitrogen and oxygen atoms in total. The first-order chi connectivity index (χ1) is 8.24. The molecule has 2 fully saturated rings. The summed E-state index contributed by atoms with van der Waals surface area (Å²) in [5.41, 5.74) is 0. The summed E-state index contributed by atoms with van der Waals surface area (Å²) in [6, 6.07) is 0.579. The Bertz CT molecular complexity index is 310. The van der Waals surface area contributed by atoms with E-state index in [2.05, 4.69) is 34.1 Å². The minimum absolute atomic E-state index is 0.241. The second kappa shape index (κ2) is 4.92. The van der Waals surface area contributed by atoms with Crippen LogP contribution in [0.4, 0.5) is 0 Å². The van der Waals surface area contributed by atoms with E-state index in [0.29, 0.717) is 17.3 Å². The zero-order chi connectivity index (χ0) is 11.8. The summed E-state index contributed by atoms with van der Waals surface area (Å²) >= 11 is 2.11. The van der Waals surface area contributed by atoms with Crippen LogP contribution in [-0.2, 0) is 0 Å². The molecule has 1 aliphatic carbocycles. The van der Waals surface area contributed by atoms with E-state index in [9.17, 15) is 5.11 Å². The normalized spacial score (nSPS) is 47.1. The summed E-state index contributed by atoms with van der Waals surface area (Å²) in [4.78, 5) is 2.06. The molecule has 0 spiro atoms. The van der Waals surface area contributed by atoms with Crippen LogP contribution in [0.15, 0.2) is 12.2 Å². The Morgan fingerprint density at radius 3 is 3.06 bits per heavy atom. The fraction of sp³-hybridized carbons (Fsp3) is 0.846. The zero-order valence-corrected chi connectivity index (χ0v) is 11.2. The summed E-state index contributed by atoms with van der Waals surface area (Å²) in [6.07, 6.45) is 9.08. The summed E-state index contributed by atoms with van der Waals surface area (Å²) < 4.78 is 0. The number of nitrogens with one attached hydrogen (secondary N) is 1. The highest BCUT2D eigenvalue weighted by atomic mass is 32.2. The van der Waals surface area contributed by atoms with Gasteiger partial charge >= 0.3 is 0 Å². The lowest BCUT2D eigenvalue weighted by molar-refractivity contribution is -0.0274. The van der Waals surface area contributed by atoms with Crippen molar-refractivity contribution in [2.75, 3.05) is 13.6 Å². The number of allylic oxidation sites excluding steroid dienone is 1. The van der Waals surface area contributed by atoms with Crippen molar-refractivity contribution in [3.8, 4) is 0 Å². The van der Waals surface area contributed by atoms with Crippen LogP contribution in [-0.4, -0.2) is 46.5 Å². The number of likely N-dealkylation sites (tertiary alicyclic amines) is 1. The van der Waals surface area contributed by atoms with E-state index in [1.54, 1.807) is 0 Å². The Hall–Kier alpha value is -0.0300. The fourth-order valence-corrected chi connectivity index (χ4v) is 4.84. The zero-order valence-electron chi connectivity index (χ0n) is 10.4. The van der Waals surface area contributed by atoms with E-state index in [1.807, 2.05) is 7.05 Å². The van der Waals surface area contributed by atoms with Gasteiger partial charge in [0.2, 0.25) is 0 Å². The largest absolute Gasteiger partial charge is 0.378 e. The molecule has 2 N–H and O–H groups in total. The molecular formula is C13H22N2OS. The van der Waals surface area contributed by atoms with Crippen molar-refractivity contribution < 1.29 is 5.11 Å². The topological polar surface area (TPSA) is 35.5 Å². The van der Waals surface area contributed by atoms with Gasteiger partial charge in [0.25, 0.3) is 0 Å². The lowest BCUT2D eigenvalue weighted by atomic mass is 9.94. The number of aliphatic hydroxyl groups is 1. The van der Waals surface area contributed by atoms with Gasteiger partial charge in [-0.1, -0.05) is 12.2 Å². The summed E-state index contributed by atoms with van der Waals surface area (Å²) in [5.74, 6) is 0.630. The molecule has 0 aromatic carbocycles. The molecule has 3 aliphatic rings.